The number of ether oxygens (including phenoxy) is 1. The van der Waals surface area contributed by atoms with Crippen molar-refractivity contribution in [3.8, 4) is 17.9 Å². The second-order valence-electron chi connectivity index (χ2n) is 3.35. The summed E-state index contributed by atoms with van der Waals surface area (Å²) in [5, 5.41) is 11.8. The molecule has 0 spiro atoms. The molecule has 1 amide bonds. The van der Waals surface area contributed by atoms with Crippen molar-refractivity contribution in [3.63, 3.8) is 0 Å². The third-order valence-electron chi connectivity index (χ3n) is 2.06. The highest BCUT2D eigenvalue weighted by Gasteiger charge is 2.13. The Morgan fingerprint density at radius 2 is 2.21 bits per heavy atom. The fraction of sp³-hybridized carbons (Fsp3) is 0.231. The monoisotopic (exact) mass is 296 g/mol. The van der Waals surface area contributed by atoms with Crippen molar-refractivity contribution in [2.24, 2.45) is 0 Å². The summed E-state index contributed by atoms with van der Waals surface area (Å²) in [4.78, 5) is 11.8. The molecule has 0 heterocycles. The molecular formula is C13H10Cl2N2O2. The van der Waals surface area contributed by atoms with E-state index < -0.39 is 12.1 Å². The Labute approximate surface area is 121 Å². The van der Waals surface area contributed by atoms with E-state index >= 15 is 0 Å². The predicted molar refractivity (Wildman–Crippen MR) is 72.7 cm³/mol. The highest BCUT2D eigenvalue weighted by atomic mass is 35.5. The lowest BCUT2D eigenvalue weighted by Gasteiger charge is -2.11. The van der Waals surface area contributed by atoms with Gasteiger partial charge in [0.05, 0.1) is 10.0 Å². The average molecular weight is 297 g/mol. The first kappa shape index (κ1) is 15.3. The van der Waals surface area contributed by atoms with E-state index in [-0.39, 0.29) is 11.6 Å². The number of carbonyl (C=O) groups is 1. The Balaban J connectivity index is 2.68. The lowest BCUT2D eigenvalue weighted by Crippen LogP contribution is -2.35. The molecule has 1 unspecified atom stereocenters. The summed E-state index contributed by atoms with van der Waals surface area (Å²) in [6.07, 6.45) is -1.07. The first-order valence-electron chi connectivity index (χ1n) is 5.25. The van der Waals surface area contributed by atoms with Crippen LogP contribution in [-0.2, 0) is 4.74 Å². The van der Waals surface area contributed by atoms with Crippen LogP contribution in [0.25, 0.3) is 0 Å². The third kappa shape index (κ3) is 4.81. The molecule has 6 heteroatoms. The van der Waals surface area contributed by atoms with Crippen molar-refractivity contribution in [3.05, 3.63) is 33.8 Å². The zero-order valence-corrected chi connectivity index (χ0v) is 11.5. The number of nitrogens with zero attached hydrogens (tertiary/aromatic N) is 1. The van der Waals surface area contributed by atoms with Gasteiger partial charge in [-0.2, -0.15) is 5.26 Å². The van der Waals surface area contributed by atoms with E-state index in [4.69, 9.17) is 33.2 Å². The quantitative estimate of drug-likeness (QED) is 0.686. The number of halogens is 2. The van der Waals surface area contributed by atoms with Gasteiger partial charge in [0.1, 0.15) is 12.7 Å². The maximum Gasteiger partial charge on any atom is 0.254 e. The molecule has 4 nitrogen and oxygen atoms in total. The van der Waals surface area contributed by atoms with Crippen LogP contribution >= 0.6 is 23.2 Å². The molecule has 0 saturated heterocycles. The Bertz CT molecular complexity index is 570. The van der Waals surface area contributed by atoms with Crippen LogP contribution in [0.1, 0.15) is 17.3 Å². The summed E-state index contributed by atoms with van der Waals surface area (Å²) < 4.78 is 5.05. The van der Waals surface area contributed by atoms with Gasteiger partial charge in [0, 0.05) is 5.56 Å². The van der Waals surface area contributed by atoms with E-state index in [1.807, 2.05) is 0 Å². The Morgan fingerprint density at radius 3 is 2.79 bits per heavy atom. The van der Waals surface area contributed by atoms with E-state index in [0.29, 0.717) is 10.6 Å². The predicted octanol–water partition coefficient (Wildman–Crippen LogP) is 2.61. The van der Waals surface area contributed by atoms with E-state index in [9.17, 15) is 4.79 Å². The SMILES string of the molecule is CC#CCOC(C#N)NC(=O)c1ccc(Cl)c(Cl)c1. The molecular weight excluding hydrogens is 287 g/mol. The minimum atomic E-state index is -1.07. The van der Waals surface area contributed by atoms with Crippen LogP contribution in [-0.4, -0.2) is 18.7 Å². The summed E-state index contributed by atoms with van der Waals surface area (Å²) in [6.45, 7) is 1.72. The average Bonchev–Trinajstić information content (AvgIpc) is 2.40. The molecule has 0 bridgehead atoms. The number of hydrogen-bond acceptors (Lipinski definition) is 3. The molecule has 98 valence electrons. The van der Waals surface area contributed by atoms with Crippen LogP contribution in [0.15, 0.2) is 18.2 Å². The molecule has 0 radical (unpaired) electrons. The molecule has 19 heavy (non-hydrogen) atoms. The normalized spacial score (nSPS) is 10.8. The summed E-state index contributed by atoms with van der Waals surface area (Å²) in [6, 6.07) is 6.23. The molecule has 0 aromatic heterocycles. The highest BCUT2D eigenvalue weighted by molar-refractivity contribution is 6.42. The van der Waals surface area contributed by atoms with Gasteiger partial charge in [0.15, 0.2) is 0 Å². The van der Waals surface area contributed by atoms with Gasteiger partial charge in [-0.05, 0) is 25.1 Å². The molecule has 0 aliphatic heterocycles. The lowest BCUT2D eigenvalue weighted by molar-refractivity contribution is 0.0685. The lowest BCUT2D eigenvalue weighted by atomic mass is 10.2. The minimum absolute atomic E-state index is 0.0659. The maximum absolute atomic E-state index is 11.8. The molecule has 0 fully saturated rings. The fourth-order valence-corrected chi connectivity index (χ4v) is 1.45. The first-order chi connectivity index (χ1) is 9.08. The summed E-state index contributed by atoms with van der Waals surface area (Å²) in [5.41, 5.74) is 0.292. The number of nitriles is 1. The third-order valence-corrected chi connectivity index (χ3v) is 2.80. The number of benzene rings is 1. The van der Waals surface area contributed by atoms with E-state index in [0.717, 1.165) is 0 Å². The topological polar surface area (TPSA) is 62.1 Å². The van der Waals surface area contributed by atoms with Crippen LogP contribution in [0.5, 0.6) is 0 Å². The standard InChI is InChI=1S/C13H10Cl2N2O2/c1-2-3-6-19-12(8-16)17-13(18)9-4-5-10(14)11(15)7-9/h4-5,7,12H,6H2,1H3,(H,17,18). The number of hydrogen-bond donors (Lipinski definition) is 1. The van der Waals surface area contributed by atoms with Crippen LogP contribution < -0.4 is 5.32 Å². The fourth-order valence-electron chi connectivity index (χ4n) is 1.15. The molecule has 1 aromatic rings. The molecule has 1 N–H and O–H groups in total. The van der Waals surface area contributed by atoms with Gasteiger partial charge in [-0.3, -0.25) is 4.79 Å². The van der Waals surface area contributed by atoms with Crippen molar-refractivity contribution < 1.29 is 9.53 Å². The summed E-state index contributed by atoms with van der Waals surface area (Å²) in [5.74, 6) is 4.77. The van der Waals surface area contributed by atoms with Gasteiger partial charge >= 0.3 is 0 Å². The molecule has 0 aliphatic carbocycles. The highest BCUT2D eigenvalue weighted by Crippen LogP contribution is 2.22. The van der Waals surface area contributed by atoms with E-state index in [1.54, 1.807) is 13.0 Å². The van der Waals surface area contributed by atoms with Crippen LogP contribution in [0.3, 0.4) is 0 Å². The van der Waals surface area contributed by atoms with Gasteiger partial charge in [-0.25, -0.2) is 0 Å². The summed E-state index contributed by atoms with van der Waals surface area (Å²) in [7, 11) is 0. The molecule has 1 rings (SSSR count). The van der Waals surface area contributed by atoms with Crippen LogP contribution in [0.2, 0.25) is 10.0 Å². The molecule has 1 aromatic carbocycles. The number of rotatable bonds is 4. The Hall–Kier alpha value is -1.72. The van der Waals surface area contributed by atoms with Crippen molar-refractivity contribution in [1.82, 2.24) is 5.32 Å². The Morgan fingerprint density at radius 1 is 1.47 bits per heavy atom. The summed E-state index contributed by atoms with van der Waals surface area (Å²) >= 11 is 11.6. The largest absolute Gasteiger partial charge is 0.332 e. The zero-order valence-electron chi connectivity index (χ0n) is 10.0. The van der Waals surface area contributed by atoms with Gasteiger partial charge in [-0.15, -0.1) is 5.92 Å². The second kappa shape index (κ2) is 7.66. The van der Waals surface area contributed by atoms with Gasteiger partial charge in [0.25, 0.3) is 5.91 Å². The molecule has 1 atom stereocenters. The molecule has 0 aliphatic rings. The maximum atomic E-state index is 11.8. The number of carbonyl (C=O) groups excluding carboxylic acids is 1. The van der Waals surface area contributed by atoms with E-state index in [2.05, 4.69) is 17.2 Å². The minimum Gasteiger partial charge on any atom is -0.332 e. The van der Waals surface area contributed by atoms with Crippen molar-refractivity contribution in [1.29, 1.82) is 5.26 Å². The van der Waals surface area contributed by atoms with Crippen molar-refractivity contribution in [2.75, 3.05) is 6.61 Å². The van der Waals surface area contributed by atoms with Gasteiger partial charge in [0.2, 0.25) is 6.23 Å². The smallest absolute Gasteiger partial charge is 0.254 e. The first-order valence-corrected chi connectivity index (χ1v) is 6.00. The molecule has 0 saturated carbocycles. The van der Waals surface area contributed by atoms with Crippen LogP contribution in [0, 0.1) is 23.2 Å². The number of amides is 1. The van der Waals surface area contributed by atoms with E-state index in [1.165, 1.54) is 18.2 Å². The Kier molecular flexibility index (Phi) is 6.18. The van der Waals surface area contributed by atoms with Crippen molar-refractivity contribution >= 4 is 29.1 Å². The number of nitrogens with one attached hydrogen (secondary N) is 1. The van der Waals surface area contributed by atoms with Gasteiger partial charge in [-0.1, -0.05) is 29.1 Å². The van der Waals surface area contributed by atoms with Crippen molar-refractivity contribution in [2.45, 2.75) is 13.2 Å². The van der Waals surface area contributed by atoms with Gasteiger partial charge < -0.3 is 10.1 Å². The second-order valence-corrected chi connectivity index (χ2v) is 4.16. The van der Waals surface area contributed by atoms with Crippen LogP contribution in [0.4, 0.5) is 0 Å². The zero-order chi connectivity index (χ0) is 14.3.